The first kappa shape index (κ1) is 29.4. The van der Waals surface area contributed by atoms with Crippen molar-refractivity contribution in [2.75, 3.05) is 64.4 Å². The van der Waals surface area contributed by atoms with Crippen molar-refractivity contribution in [1.29, 1.82) is 5.41 Å². The maximum absolute atomic E-state index is 12.5. The Morgan fingerprint density at radius 1 is 1.10 bits per heavy atom. The van der Waals surface area contributed by atoms with Crippen LogP contribution >= 0.6 is 0 Å². The van der Waals surface area contributed by atoms with Gasteiger partial charge in [-0.1, -0.05) is 0 Å². The summed E-state index contributed by atoms with van der Waals surface area (Å²) < 4.78 is 15.2. The fourth-order valence-electron chi connectivity index (χ4n) is 4.10. The molecule has 0 aromatic heterocycles. The van der Waals surface area contributed by atoms with Gasteiger partial charge < -0.3 is 19.1 Å². The van der Waals surface area contributed by atoms with E-state index >= 15 is 0 Å². The van der Waals surface area contributed by atoms with Crippen LogP contribution in [0.25, 0.3) is 0 Å². The lowest BCUT2D eigenvalue weighted by Crippen LogP contribution is -2.52. The first-order valence-electron chi connectivity index (χ1n) is 12.7. The lowest BCUT2D eigenvalue weighted by atomic mass is 10.1. The van der Waals surface area contributed by atoms with Crippen molar-refractivity contribution in [3.8, 4) is 0 Å². The van der Waals surface area contributed by atoms with Gasteiger partial charge in [0.15, 0.2) is 0 Å². The summed E-state index contributed by atoms with van der Waals surface area (Å²) in [7, 11) is 1.24. The molecule has 2 aliphatic heterocycles. The third kappa shape index (κ3) is 7.89. The molecule has 0 radical (unpaired) electrons. The largest absolute Gasteiger partial charge is 0.466 e. The van der Waals surface area contributed by atoms with Gasteiger partial charge in [0.2, 0.25) is 5.91 Å². The first-order chi connectivity index (χ1) is 18.6. The smallest absolute Gasteiger partial charge is 0.417 e. The van der Waals surface area contributed by atoms with Crippen LogP contribution in [-0.4, -0.2) is 116 Å². The Morgan fingerprint density at radius 2 is 1.79 bits per heavy atom. The Hall–Kier alpha value is -4.20. The van der Waals surface area contributed by atoms with Crippen LogP contribution in [0.2, 0.25) is 0 Å². The summed E-state index contributed by atoms with van der Waals surface area (Å²) in [4.78, 5) is 66.1. The first-order valence-corrected chi connectivity index (χ1v) is 12.7. The summed E-state index contributed by atoms with van der Waals surface area (Å²) in [6, 6.07) is 5.57. The molecule has 39 heavy (non-hydrogen) atoms. The average Bonchev–Trinajstić information content (AvgIpc) is 3.27. The second-order valence-corrected chi connectivity index (χ2v) is 8.90. The van der Waals surface area contributed by atoms with E-state index in [-0.39, 0.29) is 43.8 Å². The number of ether oxygens (including phenoxy) is 3. The average molecular weight is 547 g/mol. The van der Waals surface area contributed by atoms with Gasteiger partial charge in [-0.3, -0.25) is 30.1 Å². The minimum Gasteiger partial charge on any atom is -0.466 e. The van der Waals surface area contributed by atoms with Gasteiger partial charge in [-0.2, -0.15) is 0 Å². The standard InChI is InChI=1S/C25H34N6O8/c1-4-37-21(33)10-11-30-13-12-29(16-20(30)32)14-19-15-31(25(36)39-19)18-8-6-17(7-9-18)22(26)27-23(34)28(3)24(35)38-5-2/h6-9,19H,4-5,10-16H2,1-3H3,(H2,26,27,34). The molecule has 2 N–H and O–H groups in total. The van der Waals surface area contributed by atoms with Crippen molar-refractivity contribution in [2.24, 2.45) is 0 Å². The highest BCUT2D eigenvalue weighted by molar-refractivity contribution is 6.08. The zero-order chi connectivity index (χ0) is 28.5. The molecule has 1 unspecified atom stereocenters. The van der Waals surface area contributed by atoms with Crippen LogP contribution in [0.1, 0.15) is 25.8 Å². The fraction of sp³-hybridized carbons (Fsp3) is 0.520. The lowest BCUT2D eigenvalue weighted by Gasteiger charge is -2.34. The number of amides is 5. The normalized spacial score (nSPS) is 17.5. The number of amidine groups is 1. The highest BCUT2D eigenvalue weighted by atomic mass is 16.6. The molecular formula is C25H34N6O8. The Morgan fingerprint density at radius 3 is 2.44 bits per heavy atom. The fourth-order valence-corrected chi connectivity index (χ4v) is 4.10. The number of anilines is 1. The van der Waals surface area contributed by atoms with E-state index in [9.17, 15) is 24.0 Å². The summed E-state index contributed by atoms with van der Waals surface area (Å²) in [5.41, 5.74) is 0.918. The molecule has 212 valence electrons. The highest BCUT2D eigenvalue weighted by Gasteiger charge is 2.35. The molecule has 2 saturated heterocycles. The number of hydrogen-bond donors (Lipinski definition) is 2. The molecular weight excluding hydrogens is 512 g/mol. The highest BCUT2D eigenvalue weighted by Crippen LogP contribution is 2.23. The summed E-state index contributed by atoms with van der Waals surface area (Å²) in [6.45, 7) is 6.00. The Bertz CT molecular complexity index is 1090. The number of piperazine rings is 1. The number of hydrogen-bond acceptors (Lipinski definition) is 10. The van der Waals surface area contributed by atoms with E-state index in [4.69, 9.17) is 19.6 Å². The van der Waals surface area contributed by atoms with E-state index in [0.29, 0.717) is 44.0 Å². The van der Waals surface area contributed by atoms with Crippen molar-refractivity contribution < 1.29 is 38.2 Å². The predicted molar refractivity (Wildman–Crippen MR) is 138 cm³/mol. The molecule has 3 rings (SSSR count). The van der Waals surface area contributed by atoms with Crippen LogP contribution in [0.15, 0.2) is 24.3 Å². The van der Waals surface area contributed by atoms with Gasteiger partial charge in [0.1, 0.15) is 11.9 Å². The van der Waals surface area contributed by atoms with Crippen molar-refractivity contribution >= 4 is 41.6 Å². The number of rotatable bonds is 9. The number of carbonyl (C=O) groups excluding carboxylic acids is 5. The lowest BCUT2D eigenvalue weighted by molar-refractivity contribution is -0.144. The number of benzene rings is 1. The molecule has 0 spiro atoms. The van der Waals surface area contributed by atoms with E-state index in [1.807, 2.05) is 4.90 Å². The van der Waals surface area contributed by atoms with Gasteiger partial charge in [0.25, 0.3) is 0 Å². The number of imide groups is 1. The van der Waals surface area contributed by atoms with E-state index < -0.39 is 24.3 Å². The predicted octanol–water partition coefficient (Wildman–Crippen LogP) is 1.23. The molecule has 14 nitrogen and oxygen atoms in total. The number of carbonyl (C=O) groups is 5. The van der Waals surface area contributed by atoms with Gasteiger partial charge in [-0.15, -0.1) is 0 Å². The van der Waals surface area contributed by atoms with Crippen molar-refractivity contribution in [1.82, 2.24) is 20.0 Å². The topological polar surface area (TPSA) is 162 Å². The van der Waals surface area contributed by atoms with Crippen LogP contribution in [0.4, 0.5) is 20.1 Å². The second-order valence-electron chi connectivity index (χ2n) is 8.90. The van der Waals surface area contributed by atoms with Gasteiger partial charge in [0, 0.05) is 44.5 Å². The Labute approximate surface area is 226 Å². The van der Waals surface area contributed by atoms with Crippen molar-refractivity contribution in [2.45, 2.75) is 26.4 Å². The Balaban J connectivity index is 1.48. The van der Waals surface area contributed by atoms with Gasteiger partial charge in [0.05, 0.1) is 32.7 Å². The van der Waals surface area contributed by atoms with Crippen LogP contribution in [-0.2, 0) is 23.8 Å². The van der Waals surface area contributed by atoms with Crippen molar-refractivity contribution in [3.63, 3.8) is 0 Å². The molecule has 1 aromatic carbocycles. The van der Waals surface area contributed by atoms with E-state index in [1.165, 1.54) is 11.9 Å². The zero-order valence-corrected chi connectivity index (χ0v) is 22.3. The third-order valence-corrected chi connectivity index (χ3v) is 6.17. The van der Waals surface area contributed by atoms with Crippen LogP contribution in [0, 0.1) is 5.41 Å². The summed E-state index contributed by atoms with van der Waals surface area (Å²) in [5.74, 6) is -0.650. The summed E-state index contributed by atoms with van der Waals surface area (Å²) >= 11 is 0. The number of esters is 1. The van der Waals surface area contributed by atoms with Crippen molar-refractivity contribution in [3.05, 3.63) is 29.8 Å². The molecule has 0 aliphatic carbocycles. The maximum Gasteiger partial charge on any atom is 0.417 e. The number of cyclic esters (lactones) is 1. The summed E-state index contributed by atoms with van der Waals surface area (Å²) in [6.07, 6.45) is -1.64. The molecule has 0 saturated carbocycles. The minimum atomic E-state index is -0.833. The molecule has 0 bridgehead atoms. The molecule has 2 heterocycles. The maximum atomic E-state index is 12.5. The van der Waals surface area contributed by atoms with Gasteiger partial charge in [-0.25, -0.2) is 19.3 Å². The molecule has 2 aliphatic rings. The monoisotopic (exact) mass is 546 g/mol. The van der Waals surface area contributed by atoms with E-state index in [0.717, 1.165) is 4.90 Å². The molecule has 1 aromatic rings. The molecule has 14 heteroatoms. The quantitative estimate of drug-likeness (QED) is 0.201. The van der Waals surface area contributed by atoms with E-state index in [2.05, 4.69) is 5.32 Å². The number of nitrogens with zero attached hydrogens (tertiary/aromatic N) is 4. The van der Waals surface area contributed by atoms with Crippen LogP contribution in [0.3, 0.4) is 0 Å². The third-order valence-electron chi connectivity index (χ3n) is 6.17. The molecule has 1 atom stereocenters. The Kier molecular flexibility index (Phi) is 10.2. The zero-order valence-electron chi connectivity index (χ0n) is 22.3. The number of nitrogens with one attached hydrogen (secondary N) is 2. The second kappa shape index (κ2) is 13.6. The van der Waals surface area contributed by atoms with E-state index in [1.54, 1.807) is 43.0 Å². The molecule has 2 fully saturated rings. The summed E-state index contributed by atoms with van der Waals surface area (Å²) in [5, 5.41) is 10.4. The van der Waals surface area contributed by atoms with Gasteiger partial charge in [-0.05, 0) is 38.1 Å². The van der Waals surface area contributed by atoms with Crippen LogP contribution in [0.5, 0.6) is 0 Å². The SMILES string of the molecule is CCOC(=O)CCN1CCN(CC2CN(c3ccc(C(=N)NC(=O)N(C)C(=O)OCC)cc3)C(=O)O2)CC1=O. The minimum absolute atomic E-state index is 0.0923. The van der Waals surface area contributed by atoms with Crippen LogP contribution < -0.4 is 10.2 Å². The van der Waals surface area contributed by atoms with Gasteiger partial charge >= 0.3 is 24.2 Å². The molecule has 5 amide bonds. The number of urea groups is 1.